The van der Waals surface area contributed by atoms with E-state index >= 15 is 0 Å². The van der Waals surface area contributed by atoms with Crippen molar-refractivity contribution in [3.05, 3.63) is 29.8 Å². The number of carbonyl (C=O) groups is 1. The lowest BCUT2D eigenvalue weighted by Crippen LogP contribution is -2.38. The van der Waals surface area contributed by atoms with E-state index in [4.69, 9.17) is 4.74 Å². The van der Waals surface area contributed by atoms with Crippen molar-refractivity contribution < 1.29 is 9.53 Å². The lowest BCUT2D eigenvalue weighted by molar-refractivity contribution is 0.245. The summed E-state index contributed by atoms with van der Waals surface area (Å²) in [6.45, 7) is 1.36. The predicted molar refractivity (Wildman–Crippen MR) is 78.0 cm³/mol. The van der Waals surface area contributed by atoms with Crippen LogP contribution in [0, 0.1) is 0 Å². The SMILES string of the molecule is COc1cccc(CCNC(=O)NC2=NCCS2)c1. The van der Waals surface area contributed by atoms with Gasteiger partial charge in [-0.05, 0) is 24.1 Å². The molecule has 0 radical (unpaired) electrons. The van der Waals surface area contributed by atoms with E-state index in [1.54, 1.807) is 18.9 Å². The van der Waals surface area contributed by atoms with Crippen LogP contribution in [0.5, 0.6) is 5.75 Å². The number of hydrogen-bond acceptors (Lipinski definition) is 4. The van der Waals surface area contributed by atoms with Gasteiger partial charge in [0, 0.05) is 12.3 Å². The summed E-state index contributed by atoms with van der Waals surface area (Å²) in [6, 6.07) is 7.63. The van der Waals surface area contributed by atoms with E-state index in [0.29, 0.717) is 11.7 Å². The van der Waals surface area contributed by atoms with Gasteiger partial charge in [-0.2, -0.15) is 0 Å². The van der Waals surface area contributed by atoms with Gasteiger partial charge in [-0.15, -0.1) is 0 Å². The highest BCUT2D eigenvalue weighted by molar-refractivity contribution is 8.14. The van der Waals surface area contributed by atoms with Crippen molar-refractivity contribution in [1.82, 2.24) is 10.6 Å². The van der Waals surface area contributed by atoms with Gasteiger partial charge in [0.2, 0.25) is 0 Å². The summed E-state index contributed by atoms with van der Waals surface area (Å²) in [4.78, 5) is 15.7. The monoisotopic (exact) mass is 279 g/mol. The van der Waals surface area contributed by atoms with Crippen molar-refractivity contribution in [1.29, 1.82) is 0 Å². The smallest absolute Gasteiger partial charge is 0.320 e. The second-order valence-electron chi connectivity index (χ2n) is 4.02. The zero-order chi connectivity index (χ0) is 13.5. The van der Waals surface area contributed by atoms with Crippen molar-refractivity contribution >= 4 is 23.0 Å². The second-order valence-corrected chi connectivity index (χ2v) is 5.10. The molecule has 0 spiro atoms. The summed E-state index contributed by atoms with van der Waals surface area (Å²) in [6.07, 6.45) is 0.768. The van der Waals surface area contributed by atoms with E-state index in [0.717, 1.165) is 30.0 Å². The van der Waals surface area contributed by atoms with Crippen molar-refractivity contribution in [3.8, 4) is 5.75 Å². The van der Waals surface area contributed by atoms with Crippen LogP contribution in [0.25, 0.3) is 0 Å². The first-order chi connectivity index (χ1) is 9.28. The van der Waals surface area contributed by atoms with E-state index in [2.05, 4.69) is 15.6 Å². The Bertz CT molecular complexity index is 477. The van der Waals surface area contributed by atoms with E-state index in [1.165, 1.54) is 0 Å². The van der Waals surface area contributed by atoms with Gasteiger partial charge < -0.3 is 10.1 Å². The maximum Gasteiger partial charge on any atom is 0.320 e. The number of ether oxygens (including phenoxy) is 1. The molecule has 0 saturated carbocycles. The minimum atomic E-state index is -0.198. The van der Waals surface area contributed by atoms with Gasteiger partial charge >= 0.3 is 6.03 Å². The van der Waals surface area contributed by atoms with E-state index in [9.17, 15) is 4.79 Å². The number of rotatable bonds is 4. The van der Waals surface area contributed by atoms with E-state index < -0.39 is 0 Å². The number of amidine groups is 1. The molecule has 0 atom stereocenters. The lowest BCUT2D eigenvalue weighted by atomic mass is 10.1. The first kappa shape index (κ1) is 13.7. The molecule has 1 aromatic rings. The molecular formula is C13H17N3O2S. The highest BCUT2D eigenvalue weighted by atomic mass is 32.2. The number of benzene rings is 1. The summed E-state index contributed by atoms with van der Waals surface area (Å²) in [5.41, 5.74) is 1.13. The van der Waals surface area contributed by atoms with Crippen LogP contribution in [0.4, 0.5) is 4.79 Å². The number of nitrogens with one attached hydrogen (secondary N) is 2. The van der Waals surface area contributed by atoms with Crippen LogP contribution in [-0.2, 0) is 6.42 Å². The normalized spacial score (nSPS) is 13.8. The highest BCUT2D eigenvalue weighted by Gasteiger charge is 2.09. The summed E-state index contributed by atoms with van der Waals surface area (Å²) in [5, 5.41) is 6.24. The number of urea groups is 1. The average molecular weight is 279 g/mol. The number of thioether (sulfide) groups is 1. The largest absolute Gasteiger partial charge is 0.497 e. The summed E-state index contributed by atoms with van der Waals surface area (Å²) in [5.74, 6) is 1.78. The Balaban J connectivity index is 1.71. The molecule has 0 aromatic heterocycles. The molecule has 5 nitrogen and oxygen atoms in total. The van der Waals surface area contributed by atoms with E-state index in [1.807, 2.05) is 24.3 Å². The Labute approximate surface area is 116 Å². The molecule has 1 aliphatic rings. The molecule has 0 saturated heterocycles. The van der Waals surface area contributed by atoms with Gasteiger partial charge in [0.25, 0.3) is 0 Å². The van der Waals surface area contributed by atoms with Crippen LogP contribution in [0.1, 0.15) is 5.56 Å². The molecule has 0 unspecified atom stereocenters. The minimum absolute atomic E-state index is 0.198. The topological polar surface area (TPSA) is 62.7 Å². The summed E-state index contributed by atoms with van der Waals surface area (Å²) in [7, 11) is 1.64. The molecule has 2 N–H and O–H groups in total. The predicted octanol–water partition coefficient (Wildman–Crippen LogP) is 1.64. The lowest BCUT2D eigenvalue weighted by Gasteiger charge is -2.07. The Morgan fingerprint density at radius 2 is 2.42 bits per heavy atom. The third kappa shape index (κ3) is 4.48. The molecule has 2 amide bonds. The van der Waals surface area contributed by atoms with Crippen LogP contribution < -0.4 is 15.4 Å². The number of methoxy groups -OCH3 is 1. The summed E-state index contributed by atoms with van der Waals surface area (Å²) >= 11 is 1.57. The molecule has 102 valence electrons. The molecule has 1 heterocycles. The van der Waals surface area contributed by atoms with E-state index in [-0.39, 0.29) is 6.03 Å². The second kappa shape index (κ2) is 7.04. The fourth-order valence-electron chi connectivity index (χ4n) is 1.70. The molecule has 1 aromatic carbocycles. The molecule has 1 aliphatic heterocycles. The Kier molecular flexibility index (Phi) is 5.09. The molecule has 6 heteroatoms. The Morgan fingerprint density at radius 1 is 1.53 bits per heavy atom. The number of hydrogen-bond donors (Lipinski definition) is 2. The van der Waals surface area contributed by atoms with Gasteiger partial charge in [0.15, 0.2) is 5.17 Å². The Hall–Kier alpha value is -1.69. The van der Waals surface area contributed by atoms with Crippen LogP contribution in [0.15, 0.2) is 29.3 Å². The number of aliphatic imine (C=N–C) groups is 1. The molecule has 19 heavy (non-hydrogen) atoms. The van der Waals surface area contributed by atoms with Gasteiger partial charge in [-0.25, -0.2) is 4.79 Å². The third-order valence-corrected chi connectivity index (χ3v) is 3.53. The van der Waals surface area contributed by atoms with Gasteiger partial charge in [0.1, 0.15) is 5.75 Å². The van der Waals surface area contributed by atoms with Crippen LogP contribution in [0.2, 0.25) is 0 Å². The van der Waals surface area contributed by atoms with Gasteiger partial charge in [-0.1, -0.05) is 23.9 Å². The fourth-order valence-corrected chi connectivity index (χ4v) is 2.42. The van der Waals surface area contributed by atoms with Crippen molar-refractivity contribution in [2.75, 3.05) is 26.0 Å². The van der Waals surface area contributed by atoms with Crippen molar-refractivity contribution in [3.63, 3.8) is 0 Å². The molecule has 0 bridgehead atoms. The molecule has 2 rings (SSSR count). The zero-order valence-corrected chi connectivity index (χ0v) is 11.6. The Morgan fingerprint density at radius 3 is 3.16 bits per heavy atom. The molecular weight excluding hydrogens is 262 g/mol. The standard InChI is InChI=1S/C13H17N3O2S/c1-18-11-4-2-3-10(9-11)5-6-14-12(17)16-13-15-7-8-19-13/h2-4,9H,5-8H2,1H3,(H2,14,15,16,17). The maximum atomic E-state index is 11.6. The van der Waals surface area contributed by atoms with Crippen molar-refractivity contribution in [2.24, 2.45) is 4.99 Å². The molecule has 0 fully saturated rings. The quantitative estimate of drug-likeness (QED) is 0.880. The summed E-state index contributed by atoms with van der Waals surface area (Å²) < 4.78 is 5.15. The molecule has 0 aliphatic carbocycles. The van der Waals surface area contributed by atoms with Crippen LogP contribution in [-0.4, -0.2) is 37.2 Å². The third-order valence-electron chi connectivity index (χ3n) is 2.64. The number of nitrogens with zero attached hydrogens (tertiary/aromatic N) is 1. The van der Waals surface area contributed by atoms with Crippen LogP contribution in [0.3, 0.4) is 0 Å². The van der Waals surface area contributed by atoms with Gasteiger partial charge in [0.05, 0.1) is 13.7 Å². The van der Waals surface area contributed by atoms with Gasteiger partial charge in [-0.3, -0.25) is 10.3 Å². The number of carbonyl (C=O) groups excluding carboxylic acids is 1. The average Bonchev–Trinajstić information content (AvgIpc) is 2.92. The highest BCUT2D eigenvalue weighted by Crippen LogP contribution is 2.12. The maximum absolute atomic E-state index is 11.6. The first-order valence-electron chi connectivity index (χ1n) is 6.13. The van der Waals surface area contributed by atoms with Crippen LogP contribution >= 0.6 is 11.8 Å². The minimum Gasteiger partial charge on any atom is -0.497 e. The zero-order valence-electron chi connectivity index (χ0n) is 10.8. The number of amides is 2. The first-order valence-corrected chi connectivity index (χ1v) is 7.11. The fraction of sp³-hybridized carbons (Fsp3) is 0.385. The van der Waals surface area contributed by atoms with Crippen molar-refractivity contribution in [2.45, 2.75) is 6.42 Å².